The first kappa shape index (κ1) is 22.3. The van der Waals surface area contributed by atoms with Gasteiger partial charge < -0.3 is 4.74 Å². The number of nitrogens with zero attached hydrogens (tertiary/aromatic N) is 4. The van der Waals surface area contributed by atoms with E-state index < -0.39 is 5.91 Å². The smallest absolute Gasteiger partial charge is 0.277 e. The highest BCUT2D eigenvalue weighted by Crippen LogP contribution is 2.30. The van der Waals surface area contributed by atoms with E-state index >= 15 is 0 Å². The zero-order chi connectivity index (χ0) is 24.0. The van der Waals surface area contributed by atoms with E-state index in [0.717, 1.165) is 27.7 Å². The van der Waals surface area contributed by atoms with Crippen LogP contribution in [0.2, 0.25) is 5.15 Å². The number of ether oxygens (including phenoxy) is 1. The molecule has 2 aromatic heterocycles. The van der Waals surface area contributed by atoms with Crippen LogP contribution in [-0.2, 0) is 4.79 Å². The van der Waals surface area contributed by atoms with E-state index in [-0.39, 0.29) is 6.61 Å². The molecule has 1 N–H and O–H groups in total. The molecule has 7 nitrogen and oxygen atoms in total. The number of rotatable bonds is 7. The number of benzene rings is 3. The number of pyridine rings is 1. The SMILES string of the molecule is O=C(COc1ccccc1-c1cnn(-c2ccccc2)c1)NN=Cc1cc2ccccc2nc1Cl. The molecule has 1 amide bonds. The fourth-order valence-corrected chi connectivity index (χ4v) is 3.76. The number of para-hydroxylation sites is 3. The zero-order valence-electron chi connectivity index (χ0n) is 18.5. The molecular weight excluding hydrogens is 462 g/mol. The number of aromatic nitrogens is 3. The largest absolute Gasteiger partial charge is 0.483 e. The lowest BCUT2D eigenvalue weighted by Crippen LogP contribution is -2.24. The summed E-state index contributed by atoms with van der Waals surface area (Å²) in [7, 11) is 0. The summed E-state index contributed by atoms with van der Waals surface area (Å²) >= 11 is 6.23. The minimum Gasteiger partial charge on any atom is -0.483 e. The Morgan fingerprint density at radius 3 is 2.69 bits per heavy atom. The van der Waals surface area contributed by atoms with E-state index in [0.29, 0.717) is 16.5 Å². The van der Waals surface area contributed by atoms with Crippen LogP contribution in [0.4, 0.5) is 0 Å². The van der Waals surface area contributed by atoms with Crippen molar-refractivity contribution in [1.29, 1.82) is 0 Å². The second-order valence-electron chi connectivity index (χ2n) is 7.65. The first-order valence-electron chi connectivity index (χ1n) is 10.9. The summed E-state index contributed by atoms with van der Waals surface area (Å²) in [5, 5.41) is 9.68. The molecule has 2 heterocycles. The Balaban J connectivity index is 1.23. The number of carbonyl (C=O) groups excluding carboxylic acids is 1. The summed E-state index contributed by atoms with van der Waals surface area (Å²) < 4.78 is 7.58. The fourth-order valence-electron chi connectivity index (χ4n) is 3.56. The Hall–Kier alpha value is -4.49. The van der Waals surface area contributed by atoms with Gasteiger partial charge in [-0.25, -0.2) is 15.1 Å². The van der Waals surface area contributed by atoms with Crippen molar-refractivity contribution in [3.63, 3.8) is 0 Å². The van der Waals surface area contributed by atoms with Gasteiger partial charge in [-0.1, -0.05) is 66.2 Å². The first-order valence-corrected chi connectivity index (χ1v) is 11.2. The molecule has 0 aliphatic heterocycles. The third-order valence-electron chi connectivity index (χ3n) is 5.26. The number of nitrogens with one attached hydrogen (secondary N) is 1. The maximum Gasteiger partial charge on any atom is 0.277 e. The molecular formula is C27H20ClN5O2. The molecule has 0 atom stereocenters. The van der Waals surface area contributed by atoms with Crippen LogP contribution < -0.4 is 10.2 Å². The van der Waals surface area contributed by atoms with Crippen molar-refractivity contribution in [3.8, 4) is 22.6 Å². The average molecular weight is 482 g/mol. The van der Waals surface area contributed by atoms with Gasteiger partial charge >= 0.3 is 0 Å². The van der Waals surface area contributed by atoms with Gasteiger partial charge in [-0.15, -0.1) is 0 Å². The van der Waals surface area contributed by atoms with Crippen molar-refractivity contribution >= 4 is 34.6 Å². The molecule has 0 bridgehead atoms. The van der Waals surface area contributed by atoms with E-state index in [2.05, 4.69) is 20.6 Å². The summed E-state index contributed by atoms with van der Waals surface area (Å²) in [6, 6.07) is 26.8. The number of carbonyl (C=O) groups is 1. The number of hydrogen-bond acceptors (Lipinski definition) is 5. The van der Waals surface area contributed by atoms with Crippen molar-refractivity contribution in [2.75, 3.05) is 6.61 Å². The molecule has 0 spiro atoms. The highest BCUT2D eigenvalue weighted by molar-refractivity contribution is 6.32. The third-order valence-corrected chi connectivity index (χ3v) is 5.56. The van der Waals surface area contributed by atoms with Crippen molar-refractivity contribution in [2.45, 2.75) is 0 Å². The molecule has 172 valence electrons. The first-order chi connectivity index (χ1) is 17.2. The maximum atomic E-state index is 12.3. The summed E-state index contributed by atoms with van der Waals surface area (Å²) in [5.41, 5.74) is 6.52. The van der Waals surface area contributed by atoms with Crippen LogP contribution >= 0.6 is 11.6 Å². The summed E-state index contributed by atoms with van der Waals surface area (Å²) in [5.74, 6) is 0.168. The summed E-state index contributed by atoms with van der Waals surface area (Å²) in [6.45, 7) is -0.203. The van der Waals surface area contributed by atoms with Crippen molar-refractivity contribution in [1.82, 2.24) is 20.2 Å². The molecule has 0 saturated carbocycles. The second kappa shape index (κ2) is 10.2. The van der Waals surface area contributed by atoms with Crippen molar-refractivity contribution in [2.24, 2.45) is 5.10 Å². The standard InChI is InChI=1S/C27H20ClN5O2/c28-27-20(14-19-8-4-6-12-24(19)31-27)15-29-32-26(34)18-35-25-13-7-5-11-23(25)21-16-30-33(17-21)22-9-2-1-3-10-22/h1-17H,18H2,(H,32,34). The van der Waals surface area contributed by atoms with Gasteiger partial charge in [-0.05, 0) is 30.3 Å². The Morgan fingerprint density at radius 2 is 1.80 bits per heavy atom. The second-order valence-corrected chi connectivity index (χ2v) is 8.01. The zero-order valence-corrected chi connectivity index (χ0v) is 19.3. The summed E-state index contributed by atoms with van der Waals surface area (Å²) in [4.78, 5) is 16.7. The van der Waals surface area contributed by atoms with Crippen molar-refractivity contribution in [3.05, 3.63) is 108 Å². The number of hydrogen-bond donors (Lipinski definition) is 1. The lowest BCUT2D eigenvalue weighted by atomic mass is 10.1. The van der Waals surface area contributed by atoms with E-state index in [1.54, 1.807) is 10.9 Å². The molecule has 0 aliphatic carbocycles. The molecule has 0 fully saturated rings. The van der Waals surface area contributed by atoms with E-state index in [1.807, 2.05) is 91.1 Å². The minimum absolute atomic E-state index is 0.203. The van der Waals surface area contributed by atoms with Crippen LogP contribution in [0.1, 0.15) is 5.56 Å². The van der Waals surface area contributed by atoms with Crippen LogP contribution in [0.3, 0.4) is 0 Å². The highest BCUT2D eigenvalue weighted by Gasteiger charge is 2.11. The maximum absolute atomic E-state index is 12.3. The minimum atomic E-state index is -0.402. The summed E-state index contributed by atoms with van der Waals surface area (Å²) in [6.07, 6.45) is 5.15. The van der Waals surface area contributed by atoms with Crippen LogP contribution in [0.25, 0.3) is 27.7 Å². The molecule has 3 aromatic carbocycles. The molecule has 0 radical (unpaired) electrons. The molecule has 5 rings (SSSR count). The predicted octanol–water partition coefficient (Wildman–Crippen LogP) is 5.27. The van der Waals surface area contributed by atoms with Gasteiger partial charge in [0.2, 0.25) is 0 Å². The lowest BCUT2D eigenvalue weighted by molar-refractivity contribution is -0.123. The van der Waals surface area contributed by atoms with Crippen LogP contribution in [0, 0.1) is 0 Å². The molecule has 0 saturated heterocycles. The number of halogens is 1. The Morgan fingerprint density at radius 1 is 1.03 bits per heavy atom. The monoisotopic (exact) mass is 481 g/mol. The quantitative estimate of drug-likeness (QED) is 0.195. The van der Waals surface area contributed by atoms with Gasteiger partial charge in [-0.2, -0.15) is 10.2 Å². The number of fused-ring (bicyclic) bond motifs is 1. The van der Waals surface area contributed by atoms with Crippen LogP contribution in [0.15, 0.2) is 102 Å². The van der Waals surface area contributed by atoms with Gasteiger partial charge in [0, 0.05) is 28.3 Å². The Labute approximate surface area is 206 Å². The van der Waals surface area contributed by atoms with E-state index in [4.69, 9.17) is 16.3 Å². The van der Waals surface area contributed by atoms with Gasteiger partial charge in [-0.3, -0.25) is 4.79 Å². The predicted molar refractivity (Wildman–Crippen MR) is 137 cm³/mol. The Kier molecular flexibility index (Phi) is 6.50. The molecule has 5 aromatic rings. The van der Waals surface area contributed by atoms with Gasteiger partial charge in [0.15, 0.2) is 6.61 Å². The normalized spacial score (nSPS) is 11.1. The fraction of sp³-hybridized carbons (Fsp3) is 0.0370. The third kappa shape index (κ3) is 5.20. The van der Waals surface area contributed by atoms with Crippen LogP contribution in [0.5, 0.6) is 5.75 Å². The highest BCUT2D eigenvalue weighted by atomic mass is 35.5. The lowest BCUT2D eigenvalue weighted by Gasteiger charge is -2.09. The average Bonchev–Trinajstić information content (AvgIpc) is 3.39. The van der Waals surface area contributed by atoms with Gasteiger partial charge in [0.1, 0.15) is 10.9 Å². The van der Waals surface area contributed by atoms with E-state index in [9.17, 15) is 4.79 Å². The Bertz CT molecular complexity index is 1510. The van der Waals surface area contributed by atoms with Crippen LogP contribution in [-0.4, -0.2) is 33.5 Å². The number of hydrazone groups is 1. The molecule has 8 heteroatoms. The molecule has 35 heavy (non-hydrogen) atoms. The van der Waals surface area contributed by atoms with Crippen molar-refractivity contribution < 1.29 is 9.53 Å². The molecule has 0 unspecified atom stereocenters. The van der Waals surface area contributed by atoms with E-state index in [1.165, 1.54) is 6.21 Å². The van der Waals surface area contributed by atoms with Gasteiger partial charge in [0.05, 0.1) is 23.6 Å². The topological polar surface area (TPSA) is 81.4 Å². The number of amides is 1. The molecule has 0 aliphatic rings. The van der Waals surface area contributed by atoms with Gasteiger partial charge in [0.25, 0.3) is 5.91 Å².